The lowest BCUT2D eigenvalue weighted by Gasteiger charge is -2.34. The molecule has 1 fully saturated rings. The molecule has 1 saturated carbocycles. The molecule has 1 aromatic carbocycles. The Morgan fingerprint density at radius 1 is 1.21 bits per heavy atom. The van der Waals surface area contributed by atoms with Crippen LogP contribution < -0.4 is 14.8 Å². The largest absolute Gasteiger partial charge is 0.497 e. The fourth-order valence-electron chi connectivity index (χ4n) is 3.60. The molecule has 6 nitrogen and oxygen atoms in total. The number of carbonyl (C=O) groups excluding carboxylic acids is 1. The van der Waals surface area contributed by atoms with Gasteiger partial charge in [-0.25, -0.2) is 9.78 Å². The highest BCUT2D eigenvalue weighted by Crippen LogP contribution is 2.27. The number of urea groups is 1. The summed E-state index contributed by atoms with van der Waals surface area (Å²) < 4.78 is 10.9. The van der Waals surface area contributed by atoms with E-state index in [0.717, 1.165) is 24.2 Å². The zero-order valence-electron chi connectivity index (χ0n) is 16.9. The molecule has 1 aromatic heterocycles. The first-order valence-corrected chi connectivity index (χ1v) is 9.82. The molecule has 6 heteroatoms. The standard InChI is InChI=1S/C22H29N3O3/c1-16-5-4-6-18(13-16)25(2)22(26)24-15-17-11-12-23-21(14-17)28-20-9-7-19(27-3)8-10-20/h7-12,14,16,18H,4-6,13,15H2,1-3H3,(H,24,26). The van der Waals surface area contributed by atoms with E-state index in [-0.39, 0.29) is 6.03 Å². The van der Waals surface area contributed by atoms with E-state index in [4.69, 9.17) is 9.47 Å². The first-order valence-electron chi connectivity index (χ1n) is 9.82. The van der Waals surface area contributed by atoms with Gasteiger partial charge in [0.25, 0.3) is 0 Å². The molecule has 1 heterocycles. The van der Waals surface area contributed by atoms with Gasteiger partial charge in [0.15, 0.2) is 0 Å². The number of benzene rings is 1. The summed E-state index contributed by atoms with van der Waals surface area (Å²) in [5.74, 6) is 2.63. The number of pyridine rings is 1. The highest BCUT2D eigenvalue weighted by atomic mass is 16.5. The number of ether oxygens (including phenoxy) is 2. The summed E-state index contributed by atoms with van der Waals surface area (Å²) in [4.78, 5) is 18.6. The molecule has 0 saturated heterocycles. The second-order valence-corrected chi connectivity index (χ2v) is 7.48. The summed E-state index contributed by atoms with van der Waals surface area (Å²) >= 11 is 0. The molecule has 2 aromatic rings. The molecule has 0 spiro atoms. The molecular weight excluding hydrogens is 354 g/mol. The van der Waals surface area contributed by atoms with Gasteiger partial charge in [-0.3, -0.25) is 0 Å². The van der Waals surface area contributed by atoms with Crippen molar-refractivity contribution >= 4 is 6.03 Å². The van der Waals surface area contributed by atoms with Gasteiger partial charge in [0.1, 0.15) is 11.5 Å². The van der Waals surface area contributed by atoms with Crippen LogP contribution in [0.4, 0.5) is 4.79 Å². The maximum atomic E-state index is 12.5. The zero-order valence-corrected chi connectivity index (χ0v) is 16.9. The zero-order chi connectivity index (χ0) is 19.9. The Balaban J connectivity index is 1.54. The fraction of sp³-hybridized carbons (Fsp3) is 0.455. The van der Waals surface area contributed by atoms with Crippen molar-refractivity contribution in [2.24, 2.45) is 5.92 Å². The Morgan fingerprint density at radius 2 is 1.96 bits per heavy atom. The van der Waals surface area contributed by atoms with Crippen molar-refractivity contribution < 1.29 is 14.3 Å². The summed E-state index contributed by atoms with van der Waals surface area (Å²) in [6.45, 7) is 2.70. The summed E-state index contributed by atoms with van der Waals surface area (Å²) in [5.41, 5.74) is 0.942. The van der Waals surface area contributed by atoms with E-state index in [1.165, 1.54) is 12.8 Å². The summed E-state index contributed by atoms with van der Waals surface area (Å²) in [6, 6.07) is 11.3. The minimum Gasteiger partial charge on any atom is -0.497 e. The van der Waals surface area contributed by atoms with E-state index < -0.39 is 0 Å². The lowest BCUT2D eigenvalue weighted by molar-refractivity contribution is 0.160. The van der Waals surface area contributed by atoms with Gasteiger partial charge in [-0.05, 0) is 54.7 Å². The number of aromatic nitrogens is 1. The maximum Gasteiger partial charge on any atom is 0.317 e. The number of methoxy groups -OCH3 is 1. The lowest BCUT2D eigenvalue weighted by Crippen LogP contribution is -2.45. The quantitative estimate of drug-likeness (QED) is 0.792. The fourth-order valence-corrected chi connectivity index (χ4v) is 3.60. The van der Waals surface area contributed by atoms with Crippen LogP contribution in [-0.2, 0) is 6.54 Å². The average molecular weight is 383 g/mol. The predicted octanol–water partition coefficient (Wildman–Crippen LogP) is 4.60. The normalized spacial score (nSPS) is 19.0. The molecule has 1 aliphatic carbocycles. The van der Waals surface area contributed by atoms with Crippen molar-refractivity contribution in [1.82, 2.24) is 15.2 Å². The Labute approximate surface area is 166 Å². The minimum absolute atomic E-state index is 0.0338. The summed E-state index contributed by atoms with van der Waals surface area (Å²) in [7, 11) is 3.52. The topological polar surface area (TPSA) is 63.7 Å². The van der Waals surface area contributed by atoms with Gasteiger partial charge in [-0.2, -0.15) is 0 Å². The SMILES string of the molecule is COc1ccc(Oc2cc(CNC(=O)N(C)C3CCCC(C)C3)ccn2)cc1. The molecule has 1 aliphatic rings. The Morgan fingerprint density at radius 3 is 2.68 bits per heavy atom. The van der Waals surface area contributed by atoms with Crippen molar-refractivity contribution in [1.29, 1.82) is 0 Å². The number of carbonyl (C=O) groups is 1. The Hall–Kier alpha value is -2.76. The molecular formula is C22H29N3O3. The Kier molecular flexibility index (Phi) is 6.74. The first kappa shape index (κ1) is 20.0. The van der Waals surface area contributed by atoms with E-state index in [1.54, 1.807) is 13.3 Å². The highest BCUT2D eigenvalue weighted by molar-refractivity contribution is 5.74. The van der Waals surface area contributed by atoms with Crippen molar-refractivity contribution in [2.45, 2.75) is 45.2 Å². The molecule has 0 aliphatic heterocycles. The van der Waals surface area contributed by atoms with Gasteiger partial charge in [0, 0.05) is 31.9 Å². The van der Waals surface area contributed by atoms with Crippen LogP contribution in [0, 0.1) is 5.92 Å². The van der Waals surface area contributed by atoms with Crippen LogP contribution in [0.5, 0.6) is 17.4 Å². The minimum atomic E-state index is -0.0338. The molecule has 1 N–H and O–H groups in total. The van der Waals surface area contributed by atoms with Crippen LogP contribution in [-0.4, -0.2) is 36.1 Å². The van der Waals surface area contributed by atoms with E-state index in [0.29, 0.717) is 30.1 Å². The molecule has 2 amide bonds. The average Bonchev–Trinajstić information content (AvgIpc) is 2.72. The third kappa shape index (κ3) is 5.38. The predicted molar refractivity (Wildman–Crippen MR) is 109 cm³/mol. The van der Waals surface area contributed by atoms with E-state index in [2.05, 4.69) is 17.2 Å². The monoisotopic (exact) mass is 383 g/mol. The lowest BCUT2D eigenvalue weighted by atomic mass is 9.86. The second kappa shape index (κ2) is 9.44. The van der Waals surface area contributed by atoms with Gasteiger partial charge < -0.3 is 19.7 Å². The van der Waals surface area contributed by atoms with Gasteiger partial charge in [-0.1, -0.05) is 19.8 Å². The van der Waals surface area contributed by atoms with Gasteiger partial charge >= 0.3 is 6.03 Å². The maximum absolute atomic E-state index is 12.5. The van der Waals surface area contributed by atoms with E-state index >= 15 is 0 Å². The molecule has 2 atom stereocenters. The second-order valence-electron chi connectivity index (χ2n) is 7.48. The number of nitrogens with zero attached hydrogens (tertiary/aromatic N) is 2. The van der Waals surface area contributed by atoms with Crippen LogP contribution in [0.15, 0.2) is 42.6 Å². The van der Waals surface area contributed by atoms with Gasteiger partial charge in [0.05, 0.1) is 7.11 Å². The Bertz CT molecular complexity index is 779. The molecule has 0 radical (unpaired) electrons. The molecule has 0 bridgehead atoms. The highest BCUT2D eigenvalue weighted by Gasteiger charge is 2.25. The number of rotatable bonds is 6. The van der Waals surface area contributed by atoms with Crippen molar-refractivity contribution in [3.8, 4) is 17.4 Å². The molecule has 3 rings (SSSR count). The molecule has 28 heavy (non-hydrogen) atoms. The molecule has 150 valence electrons. The first-order chi connectivity index (χ1) is 13.5. The number of nitrogens with one attached hydrogen (secondary N) is 1. The smallest absolute Gasteiger partial charge is 0.317 e. The number of amides is 2. The van der Waals surface area contributed by atoms with Crippen LogP contribution >= 0.6 is 0 Å². The third-order valence-corrected chi connectivity index (χ3v) is 5.30. The van der Waals surface area contributed by atoms with E-state index in [1.807, 2.05) is 48.3 Å². The van der Waals surface area contributed by atoms with Crippen LogP contribution in [0.2, 0.25) is 0 Å². The molecule has 2 unspecified atom stereocenters. The van der Waals surface area contributed by atoms with Gasteiger partial charge in [0.2, 0.25) is 5.88 Å². The van der Waals surface area contributed by atoms with Gasteiger partial charge in [-0.15, -0.1) is 0 Å². The summed E-state index contributed by atoms with van der Waals surface area (Å²) in [6.07, 6.45) is 6.31. The van der Waals surface area contributed by atoms with E-state index in [9.17, 15) is 4.79 Å². The number of hydrogen-bond acceptors (Lipinski definition) is 4. The van der Waals surface area contributed by atoms with Crippen molar-refractivity contribution in [2.75, 3.05) is 14.2 Å². The van der Waals surface area contributed by atoms with Crippen molar-refractivity contribution in [3.63, 3.8) is 0 Å². The third-order valence-electron chi connectivity index (χ3n) is 5.30. The van der Waals surface area contributed by atoms with Crippen molar-refractivity contribution in [3.05, 3.63) is 48.2 Å². The van der Waals surface area contributed by atoms with Crippen LogP contribution in [0.25, 0.3) is 0 Å². The summed E-state index contributed by atoms with van der Waals surface area (Å²) in [5, 5.41) is 3.00. The number of hydrogen-bond donors (Lipinski definition) is 1. The van der Waals surface area contributed by atoms with Crippen LogP contribution in [0.1, 0.15) is 38.2 Å². The van der Waals surface area contributed by atoms with Crippen LogP contribution in [0.3, 0.4) is 0 Å².